The summed E-state index contributed by atoms with van der Waals surface area (Å²) in [6.07, 6.45) is 5.03. The molecule has 0 saturated heterocycles. The SMILES string of the molecule is Cc1ccc(S(=O)(=O)Nc2ccc(Oc3ccc(-n4ccnc4)nn3)cc2)cc1Cl. The highest BCUT2D eigenvalue weighted by atomic mass is 35.5. The Kier molecular flexibility index (Phi) is 5.39. The highest BCUT2D eigenvalue weighted by molar-refractivity contribution is 7.92. The van der Waals surface area contributed by atoms with E-state index < -0.39 is 10.0 Å². The van der Waals surface area contributed by atoms with Crippen LogP contribution in [0.4, 0.5) is 5.69 Å². The molecule has 1 N–H and O–H groups in total. The molecule has 0 fully saturated rings. The maximum atomic E-state index is 12.5. The lowest BCUT2D eigenvalue weighted by molar-refractivity contribution is 0.454. The number of nitrogens with zero attached hydrogens (tertiary/aromatic N) is 4. The number of rotatable bonds is 6. The van der Waals surface area contributed by atoms with E-state index in [0.29, 0.717) is 28.2 Å². The van der Waals surface area contributed by atoms with Crippen LogP contribution in [0.25, 0.3) is 5.82 Å². The summed E-state index contributed by atoms with van der Waals surface area (Å²) >= 11 is 6.04. The quantitative estimate of drug-likeness (QED) is 0.481. The summed E-state index contributed by atoms with van der Waals surface area (Å²) in [7, 11) is -3.76. The summed E-state index contributed by atoms with van der Waals surface area (Å²) in [5.74, 6) is 1.41. The topological polar surface area (TPSA) is 99.0 Å². The fourth-order valence-corrected chi connectivity index (χ4v) is 3.90. The molecule has 8 nitrogen and oxygen atoms in total. The van der Waals surface area contributed by atoms with E-state index in [0.717, 1.165) is 5.56 Å². The molecule has 10 heteroatoms. The maximum absolute atomic E-state index is 12.5. The van der Waals surface area contributed by atoms with Gasteiger partial charge in [0.1, 0.15) is 12.1 Å². The average Bonchev–Trinajstić information content (AvgIpc) is 3.27. The first kappa shape index (κ1) is 19.9. The molecule has 0 aliphatic carbocycles. The van der Waals surface area contributed by atoms with Gasteiger partial charge in [0, 0.05) is 29.2 Å². The van der Waals surface area contributed by atoms with Gasteiger partial charge in [0.15, 0.2) is 5.82 Å². The van der Waals surface area contributed by atoms with Crippen LogP contribution in [0.1, 0.15) is 5.56 Å². The summed E-state index contributed by atoms with van der Waals surface area (Å²) in [4.78, 5) is 4.05. The second-order valence-electron chi connectivity index (χ2n) is 6.34. The number of sulfonamides is 1. The number of nitrogens with one attached hydrogen (secondary N) is 1. The highest BCUT2D eigenvalue weighted by Crippen LogP contribution is 2.25. The molecule has 30 heavy (non-hydrogen) atoms. The maximum Gasteiger partial charge on any atom is 0.261 e. The molecule has 0 unspecified atom stereocenters. The van der Waals surface area contributed by atoms with Crippen LogP contribution in [0, 0.1) is 6.92 Å². The zero-order valence-corrected chi connectivity index (χ0v) is 17.3. The number of anilines is 1. The largest absolute Gasteiger partial charge is 0.438 e. The number of ether oxygens (including phenoxy) is 1. The lowest BCUT2D eigenvalue weighted by atomic mass is 10.2. The van der Waals surface area contributed by atoms with Gasteiger partial charge in [-0.1, -0.05) is 17.7 Å². The van der Waals surface area contributed by atoms with Crippen LogP contribution in [0.2, 0.25) is 5.02 Å². The highest BCUT2D eigenvalue weighted by Gasteiger charge is 2.15. The number of aromatic nitrogens is 4. The third kappa shape index (κ3) is 4.42. The zero-order valence-electron chi connectivity index (χ0n) is 15.7. The molecule has 0 aliphatic heterocycles. The van der Waals surface area contributed by atoms with Crippen molar-refractivity contribution in [1.82, 2.24) is 19.7 Å². The standard InChI is InChI=1S/C20H16ClN5O3S/c1-14-2-7-17(12-18(14)21)30(27,28)25-15-3-5-16(6-4-15)29-20-9-8-19(23-24-20)26-11-10-22-13-26/h2-13,25H,1H3. The van der Waals surface area contributed by atoms with E-state index in [9.17, 15) is 8.42 Å². The monoisotopic (exact) mass is 441 g/mol. The fraction of sp³-hybridized carbons (Fsp3) is 0.0500. The van der Waals surface area contributed by atoms with E-state index in [-0.39, 0.29) is 4.90 Å². The van der Waals surface area contributed by atoms with Gasteiger partial charge in [0.05, 0.1) is 4.90 Å². The van der Waals surface area contributed by atoms with Crippen LogP contribution in [0.15, 0.2) is 78.2 Å². The van der Waals surface area contributed by atoms with Gasteiger partial charge in [-0.25, -0.2) is 13.4 Å². The minimum absolute atomic E-state index is 0.0895. The van der Waals surface area contributed by atoms with E-state index in [1.54, 1.807) is 72.7 Å². The molecule has 0 spiro atoms. The van der Waals surface area contributed by atoms with Gasteiger partial charge < -0.3 is 4.74 Å². The normalized spacial score (nSPS) is 11.3. The summed E-state index contributed by atoms with van der Waals surface area (Å²) in [6, 6.07) is 14.5. The van der Waals surface area contributed by atoms with Crippen LogP contribution in [0.5, 0.6) is 11.6 Å². The molecule has 2 aromatic carbocycles. The lowest BCUT2D eigenvalue weighted by Crippen LogP contribution is -2.12. The van der Waals surface area contributed by atoms with Crippen molar-refractivity contribution in [1.29, 1.82) is 0 Å². The van der Waals surface area contributed by atoms with Crippen molar-refractivity contribution in [2.45, 2.75) is 11.8 Å². The van der Waals surface area contributed by atoms with E-state index >= 15 is 0 Å². The summed E-state index contributed by atoms with van der Waals surface area (Å²) < 4.78 is 35.0. The molecule has 4 aromatic rings. The van der Waals surface area contributed by atoms with Gasteiger partial charge in [-0.15, -0.1) is 10.2 Å². The Hall–Kier alpha value is -3.43. The molecule has 0 saturated carbocycles. The lowest BCUT2D eigenvalue weighted by Gasteiger charge is -2.10. The van der Waals surface area contributed by atoms with Crippen molar-refractivity contribution in [2.75, 3.05) is 4.72 Å². The number of imidazole rings is 1. The average molecular weight is 442 g/mol. The minimum Gasteiger partial charge on any atom is -0.438 e. The first-order valence-corrected chi connectivity index (χ1v) is 10.7. The Balaban J connectivity index is 1.44. The molecule has 0 bridgehead atoms. The van der Waals surface area contributed by atoms with E-state index in [1.807, 2.05) is 0 Å². The van der Waals surface area contributed by atoms with E-state index in [4.69, 9.17) is 16.3 Å². The molecule has 0 radical (unpaired) electrons. The van der Waals surface area contributed by atoms with Gasteiger partial charge in [0.25, 0.3) is 10.0 Å². The molecule has 2 aromatic heterocycles. The van der Waals surface area contributed by atoms with E-state index in [1.165, 1.54) is 12.1 Å². The molecule has 0 aliphatic rings. The number of benzene rings is 2. The summed E-state index contributed by atoms with van der Waals surface area (Å²) in [5, 5.41) is 8.49. The second-order valence-corrected chi connectivity index (χ2v) is 8.43. The van der Waals surface area contributed by atoms with Crippen LogP contribution >= 0.6 is 11.6 Å². The van der Waals surface area contributed by atoms with Gasteiger partial charge in [-0.2, -0.15) is 0 Å². The predicted molar refractivity (Wildman–Crippen MR) is 113 cm³/mol. The van der Waals surface area contributed by atoms with Crippen molar-refractivity contribution < 1.29 is 13.2 Å². The van der Waals surface area contributed by atoms with Crippen molar-refractivity contribution in [3.63, 3.8) is 0 Å². The Labute approximate surface area is 178 Å². The predicted octanol–water partition coefficient (Wildman–Crippen LogP) is 4.22. The van der Waals surface area contributed by atoms with Crippen LogP contribution in [0.3, 0.4) is 0 Å². The molecule has 0 amide bonds. The molecule has 0 atom stereocenters. The Morgan fingerprint density at radius 3 is 2.47 bits per heavy atom. The van der Waals surface area contributed by atoms with Crippen LogP contribution in [-0.2, 0) is 10.0 Å². The van der Waals surface area contributed by atoms with E-state index in [2.05, 4.69) is 19.9 Å². The third-order valence-corrected chi connectivity index (χ3v) is 5.96. The molecule has 2 heterocycles. The number of halogens is 1. The molecular weight excluding hydrogens is 426 g/mol. The Morgan fingerprint density at radius 1 is 1.03 bits per heavy atom. The number of aryl methyl sites for hydroxylation is 1. The minimum atomic E-state index is -3.76. The van der Waals surface area contributed by atoms with Crippen molar-refractivity contribution in [3.05, 3.63) is 83.9 Å². The first-order valence-electron chi connectivity index (χ1n) is 8.80. The summed E-state index contributed by atoms with van der Waals surface area (Å²) in [5.41, 5.74) is 1.19. The van der Waals surface area contributed by atoms with Crippen LogP contribution < -0.4 is 9.46 Å². The van der Waals surface area contributed by atoms with Gasteiger partial charge in [-0.3, -0.25) is 9.29 Å². The van der Waals surface area contributed by atoms with Crippen molar-refractivity contribution in [2.24, 2.45) is 0 Å². The van der Waals surface area contributed by atoms with Gasteiger partial charge in [-0.05, 0) is 55.0 Å². The molecular formula is C20H16ClN5O3S. The van der Waals surface area contributed by atoms with Gasteiger partial charge >= 0.3 is 0 Å². The number of hydrogen-bond donors (Lipinski definition) is 1. The fourth-order valence-electron chi connectivity index (χ4n) is 2.57. The Morgan fingerprint density at radius 2 is 1.83 bits per heavy atom. The Bertz CT molecular complexity index is 1260. The van der Waals surface area contributed by atoms with Crippen LogP contribution in [-0.4, -0.2) is 28.2 Å². The van der Waals surface area contributed by atoms with Crippen molar-refractivity contribution in [3.8, 4) is 17.4 Å². The van der Waals surface area contributed by atoms with Gasteiger partial charge in [0.2, 0.25) is 5.88 Å². The second kappa shape index (κ2) is 8.13. The molecule has 152 valence electrons. The molecule has 4 rings (SSSR count). The zero-order chi connectivity index (χ0) is 21.1. The number of hydrogen-bond acceptors (Lipinski definition) is 6. The third-order valence-electron chi connectivity index (χ3n) is 4.18. The first-order chi connectivity index (χ1) is 14.4. The summed E-state index contributed by atoms with van der Waals surface area (Å²) in [6.45, 7) is 1.81. The van der Waals surface area contributed by atoms with Crippen molar-refractivity contribution >= 4 is 27.3 Å². The smallest absolute Gasteiger partial charge is 0.261 e.